The van der Waals surface area contributed by atoms with Gasteiger partial charge in [-0.2, -0.15) is 0 Å². The van der Waals surface area contributed by atoms with E-state index in [2.05, 4.69) is 15.6 Å². The van der Waals surface area contributed by atoms with Gasteiger partial charge >= 0.3 is 0 Å². The van der Waals surface area contributed by atoms with Crippen LogP contribution in [0, 0.1) is 0 Å². The molecule has 19 heavy (non-hydrogen) atoms. The van der Waals surface area contributed by atoms with Crippen molar-refractivity contribution in [2.75, 3.05) is 19.6 Å². The lowest BCUT2D eigenvalue weighted by Gasteiger charge is -2.07. The lowest BCUT2D eigenvalue weighted by atomic mass is 10.2. The quantitative estimate of drug-likeness (QED) is 0.304. The van der Waals surface area contributed by atoms with Crippen molar-refractivity contribution in [3.05, 3.63) is 35.9 Å². The third-order valence-corrected chi connectivity index (χ3v) is 2.26. The number of nitrogens with one attached hydrogen (secondary N) is 2. The number of carbonyl (C=O) groups is 1. The summed E-state index contributed by atoms with van der Waals surface area (Å²) in [4.78, 5) is 15.7. The molecule has 5 nitrogen and oxygen atoms in total. The highest BCUT2D eigenvalue weighted by molar-refractivity contribution is 14.0. The number of aliphatic imine (C=N–C) groups is 1. The van der Waals surface area contributed by atoms with Gasteiger partial charge < -0.3 is 16.4 Å². The van der Waals surface area contributed by atoms with Crippen LogP contribution in [0.2, 0.25) is 0 Å². The third kappa shape index (κ3) is 7.66. The maximum Gasteiger partial charge on any atom is 0.251 e. The molecule has 0 unspecified atom stereocenters. The highest BCUT2D eigenvalue weighted by Crippen LogP contribution is 1.96. The summed E-state index contributed by atoms with van der Waals surface area (Å²) in [5.74, 6) is 0.340. The molecular weight excluding hydrogens is 355 g/mol. The number of rotatable bonds is 6. The molecule has 0 radical (unpaired) electrons. The molecule has 0 aliphatic heterocycles. The second-order valence-electron chi connectivity index (χ2n) is 3.82. The number of nitrogens with two attached hydrogens (primary N) is 1. The monoisotopic (exact) mass is 376 g/mol. The first-order valence-corrected chi connectivity index (χ1v) is 6.11. The van der Waals surface area contributed by atoms with Crippen LogP contribution in [0.5, 0.6) is 0 Å². The lowest BCUT2D eigenvalue weighted by molar-refractivity contribution is 0.0954. The van der Waals surface area contributed by atoms with Crippen molar-refractivity contribution in [3.63, 3.8) is 0 Å². The van der Waals surface area contributed by atoms with Crippen molar-refractivity contribution in [1.82, 2.24) is 10.6 Å². The fourth-order valence-corrected chi connectivity index (χ4v) is 1.35. The third-order valence-electron chi connectivity index (χ3n) is 2.26. The molecule has 0 atom stereocenters. The minimum atomic E-state index is -0.0820. The van der Waals surface area contributed by atoms with Gasteiger partial charge in [0.05, 0.1) is 0 Å². The number of hydrogen-bond donors (Lipinski definition) is 3. The Hall–Kier alpha value is -1.31. The largest absolute Gasteiger partial charge is 0.370 e. The SMILES string of the molecule is CCCN=C(N)NCCNC(=O)c1ccccc1.I. The zero-order valence-corrected chi connectivity index (χ0v) is 13.4. The van der Waals surface area contributed by atoms with Gasteiger partial charge in [0.25, 0.3) is 5.91 Å². The average Bonchev–Trinajstić information content (AvgIpc) is 2.42. The van der Waals surface area contributed by atoms with Crippen LogP contribution in [0.25, 0.3) is 0 Å². The number of benzene rings is 1. The van der Waals surface area contributed by atoms with E-state index in [9.17, 15) is 4.79 Å². The minimum Gasteiger partial charge on any atom is -0.370 e. The fourth-order valence-electron chi connectivity index (χ4n) is 1.35. The Morgan fingerprint density at radius 3 is 2.47 bits per heavy atom. The summed E-state index contributed by atoms with van der Waals surface area (Å²) < 4.78 is 0. The van der Waals surface area contributed by atoms with Crippen LogP contribution in [0.3, 0.4) is 0 Å². The van der Waals surface area contributed by atoms with Crippen LogP contribution >= 0.6 is 24.0 Å². The zero-order chi connectivity index (χ0) is 13.2. The van der Waals surface area contributed by atoms with E-state index in [0.717, 1.165) is 13.0 Å². The Bertz CT molecular complexity index is 395. The number of nitrogens with zero attached hydrogens (tertiary/aromatic N) is 1. The topological polar surface area (TPSA) is 79.5 Å². The van der Waals surface area contributed by atoms with Crippen molar-refractivity contribution < 1.29 is 4.79 Å². The van der Waals surface area contributed by atoms with Gasteiger partial charge in [-0.05, 0) is 18.6 Å². The minimum absolute atomic E-state index is 0. The van der Waals surface area contributed by atoms with E-state index in [0.29, 0.717) is 24.6 Å². The van der Waals surface area contributed by atoms with Gasteiger partial charge in [0.15, 0.2) is 5.96 Å². The normalized spacial score (nSPS) is 10.5. The number of amides is 1. The van der Waals surface area contributed by atoms with Crippen LogP contribution in [-0.4, -0.2) is 31.5 Å². The molecule has 0 aromatic heterocycles. The van der Waals surface area contributed by atoms with Gasteiger partial charge in [0, 0.05) is 25.2 Å². The van der Waals surface area contributed by atoms with E-state index < -0.39 is 0 Å². The summed E-state index contributed by atoms with van der Waals surface area (Å²) in [5, 5.41) is 5.74. The summed E-state index contributed by atoms with van der Waals surface area (Å²) >= 11 is 0. The van der Waals surface area contributed by atoms with Gasteiger partial charge in [-0.3, -0.25) is 9.79 Å². The summed E-state index contributed by atoms with van der Waals surface area (Å²) in [7, 11) is 0. The maximum atomic E-state index is 11.7. The van der Waals surface area contributed by atoms with Crippen LogP contribution in [0.4, 0.5) is 0 Å². The molecular formula is C13H21IN4O. The first-order chi connectivity index (χ1) is 8.74. The first-order valence-electron chi connectivity index (χ1n) is 6.11. The molecule has 0 saturated carbocycles. The predicted octanol–water partition coefficient (Wildman–Crippen LogP) is 1.35. The molecule has 0 bridgehead atoms. The van der Waals surface area contributed by atoms with E-state index in [1.165, 1.54) is 0 Å². The Labute approximate surface area is 131 Å². The number of carbonyl (C=O) groups excluding carboxylic acids is 1. The summed E-state index contributed by atoms with van der Waals surface area (Å²) in [6.07, 6.45) is 0.965. The number of hydrogen-bond acceptors (Lipinski definition) is 2. The van der Waals surface area contributed by atoms with E-state index >= 15 is 0 Å². The Balaban J connectivity index is 0.00000324. The van der Waals surface area contributed by atoms with Gasteiger partial charge in [0.2, 0.25) is 0 Å². The van der Waals surface area contributed by atoms with Crippen LogP contribution in [0.1, 0.15) is 23.7 Å². The first kappa shape index (κ1) is 17.7. The van der Waals surface area contributed by atoms with Crippen LogP contribution in [-0.2, 0) is 0 Å². The highest BCUT2D eigenvalue weighted by Gasteiger charge is 2.02. The lowest BCUT2D eigenvalue weighted by Crippen LogP contribution is -2.38. The molecule has 0 heterocycles. The Morgan fingerprint density at radius 2 is 1.84 bits per heavy atom. The molecule has 6 heteroatoms. The Kier molecular flexibility index (Phi) is 9.87. The molecule has 0 aliphatic rings. The molecule has 106 valence electrons. The molecule has 0 fully saturated rings. The average molecular weight is 376 g/mol. The predicted molar refractivity (Wildman–Crippen MR) is 89.0 cm³/mol. The second kappa shape index (κ2) is 10.6. The molecule has 1 aromatic carbocycles. The molecule has 4 N–H and O–H groups in total. The van der Waals surface area contributed by atoms with Gasteiger partial charge in [-0.25, -0.2) is 0 Å². The molecule has 0 spiro atoms. The van der Waals surface area contributed by atoms with Gasteiger partial charge in [-0.15, -0.1) is 24.0 Å². The summed E-state index contributed by atoms with van der Waals surface area (Å²) in [6.45, 7) is 3.83. The molecule has 1 amide bonds. The van der Waals surface area contributed by atoms with Crippen molar-refractivity contribution in [1.29, 1.82) is 0 Å². The molecule has 1 aromatic rings. The highest BCUT2D eigenvalue weighted by atomic mass is 127. The summed E-state index contributed by atoms with van der Waals surface area (Å²) in [6, 6.07) is 9.11. The van der Waals surface area contributed by atoms with E-state index in [4.69, 9.17) is 5.73 Å². The Morgan fingerprint density at radius 1 is 1.21 bits per heavy atom. The van der Waals surface area contributed by atoms with Crippen molar-refractivity contribution in [2.45, 2.75) is 13.3 Å². The maximum absolute atomic E-state index is 11.7. The van der Waals surface area contributed by atoms with Gasteiger partial charge in [-0.1, -0.05) is 25.1 Å². The van der Waals surface area contributed by atoms with Crippen molar-refractivity contribution in [2.24, 2.45) is 10.7 Å². The molecule has 1 rings (SSSR count). The van der Waals surface area contributed by atoms with E-state index in [1.807, 2.05) is 25.1 Å². The number of halogens is 1. The summed E-state index contributed by atoms with van der Waals surface area (Å²) in [5.41, 5.74) is 6.27. The zero-order valence-electron chi connectivity index (χ0n) is 11.1. The second-order valence-corrected chi connectivity index (χ2v) is 3.82. The smallest absolute Gasteiger partial charge is 0.251 e. The standard InChI is InChI=1S/C13H20N4O.HI/c1-2-8-16-13(14)17-10-9-15-12(18)11-6-4-3-5-7-11;/h3-7H,2,8-10H2,1H3,(H,15,18)(H3,14,16,17);1H. The molecule has 0 aliphatic carbocycles. The van der Waals surface area contributed by atoms with E-state index in [-0.39, 0.29) is 29.9 Å². The van der Waals surface area contributed by atoms with Crippen molar-refractivity contribution >= 4 is 35.8 Å². The fraction of sp³-hybridized carbons (Fsp3) is 0.385. The van der Waals surface area contributed by atoms with E-state index in [1.54, 1.807) is 12.1 Å². The molecule has 0 saturated heterocycles. The van der Waals surface area contributed by atoms with Crippen LogP contribution < -0.4 is 16.4 Å². The number of guanidine groups is 1. The van der Waals surface area contributed by atoms with Crippen LogP contribution in [0.15, 0.2) is 35.3 Å². The van der Waals surface area contributed by atoms with Gasteiger partial charge in [0.1, 0.15) is 0 Å². The van der Waals surface area contributed by atoms with Crippen molar-refractivity contribution in [3.8, 4) is 0 Å².